The first-order valence-corrected chi connectivity index (χ1v) is 22.1. The number of phenols is 2. The van der Waals surface area contributed by atoms with Gasteiger partial charge in [-0.3, -0.25) is 0 Å². The second-order valence-electron chi connectivity index (χ2n) is 16.6. The van der Waals surface area contributed by atoms with E-state index in [0.717, 1.165) is 105 Å². The van der Waals surface area contributed by atoms with Crippen LogP contribution in [0.1, 0.15) is 62.5 Å². The van der Waals surface area contributed by atoms with Crippen LogP contribution in [0.3, 0.4) is 0 Å². The molecule has 0 bridgehead atoms. The van der Waals surface area contributed by atoms with Crippen molar-refractivity contribution in [2.24, 2.45) is 0 Å². The van der Waals surface area contributed by atoms with E-state index in [1.807, 2.05) is 91.0 Å². The molecule has 8 aromatic rings. The molecule has 1 aliphatic carbocycles. The summed E-state index contributed by atoms with van der Waals surface area (Å²) >= 11 is 0. The SMILES string of the molecule is CCCCN(CCCC)c1cc(O)c(C2C(O)C(c3ccc(N(c4ccccc4-c4ccccc4)c4ccccc4-c4ccccc4)cc3O)[C@H]2O)c2cc3ccccc3cc12. The van der Waals surface area contributed by atoms with Gasteiger partial charge >= 0.3 is 0 Å². The molecule has 3 unspecified atom stereocenters. The van der Waals surface area contributed by atoms with Crippen molar-refractivity contribution in [3.63, 3.8) is 0 Å². The Morgan fingerprint density at radius 3 is 1.50 bits per heavy atom. The molecule has 1 aliphatic rings. The molecule has 0 radical (unpaired) electrons. The third kappa shape index (κ3) is 7.55. The number of para-hydroxylation sites is 2. The molecule has 0 spiro atoms. The summed E-state index contributed by atoms with van der Waals surface area (Å²) in [6.45, 7) is 6.13. The highest BCUT2D eigenvalue weighted by molar-refractivity contribution is 6.07. The second kappa shape index (κ2) is 17.8. The number of benzene rings is 8. The highest BCUT2D eigenvalue weighted by Crippen LogP contribution is 2.55. The molecule has 4 N–H and O–H groups in total. The Labute approximate surface area is 364 Å². The van der Waals surface area contributed by atoms with Crippen molar-refractivity contribution in [2.75, 3.05) is 22.9 Å². The Morgan fingerprint density at radius 1 is 0.468 bits per heavy atom. The van der Waals surface area contributed by atoms with Crippen LogP contribution in [0.25, 0.3) is 43.8 Å². The maximum atomic E-state index is 12.1. The monoisotopic (exact) mass is 818 g/mol. The minimum absolute atomic E-state index is 0.0265. The summed E-state index contributed by atoms with van der Waals surface area (Å²) < 4.78 is 0. The van der Waals surface area contributed by atoms with Crippen LogP contribution in [-0.4, -0.2) is 45.7 Å². The van der Waals surface area contributed by atoms with E-state index >= 15 is 0 Å². The van der Waals surface area contributed by atoms with Crippen LogP contribution >= 0.6 is 0 Å². The summed E-state index contributed by atoms with van der Waals surface area (Å²) in [5.74, 6) is -1.52. The maximum Gasteiger partial charge on any atom is 0.121 e. The molecule has 62 heavy (non-hydrogen) atoms. The van der Waals surface area contributed by atoms with Crippen LogP contribution < -0.4 is 9.80 Å². The van der Waals surface area contributed by atoms with Crippen LogP contribution in [0.5, 0.6) is 11.5 Å². The first-order chi connectivity index (χ1) is 30.4. The van der Waals surface area contributed by atoms with E-state index < -0.39 is 24.0 Å². The lowest BCUT2D eigenvalue weighted by Crippen LogP contribution is -2.51. The lowest BCUT2D eigenvalue weighted by molar-refractivity contribution is -0.0792. The third-order valence-electron chi connectivity index (χ3n) is 12.8. The molecule has 6 nitrogen and oxygen atoms in total. The van der Waals surface area contributed by atoms with Crippen molar-refractivity contribution in [3.05, 3.63) is 181 Å². The number of hydrogen-bond acceptors (Lipinski definition) is 6. The van der Waals surface area contributed by atoms with Gasteiger partial charge in [0, 0.05) is 76.1 Å². The highest BCUT2D eigenvalue weighted by atomic mass is 16.3. The molecule has 0 saturated heterocycles. The fraction of sp³-hybridized carbons (Fsp3) is 0.214. The smallest absolute Gasteiger partial charge is 0.121 e. The molecule has 8 aromatic carbocycles. The maximum absolute atomic E-state index is 12.1. The Balaban J connectivity index is 1.12. The largest absolute Gasteiger partial charge is 0.508 e. The fourth-order valence-corrected chi connectivity index (χ4v) is 9.60. The van der Waals surface area contributed by atoms with Crippen molar-refractivity contribution in [1.82, 2.24) is 0 Å². The molecule has 4 atom stereocenters. The standard InChI is InChI=1S/C56H54N2O4/c1-3-5-31-57(32-6-4-2)49-36-51(60)52(46-34-40-24-14-13-23-39(40)33-45(46)49)54-55(61)53(56(54)62)44-30-29-41(35-50(44)59)58(47-27-17-15-25-42(47)37-19-9-7-10-20-37)48-28-18-16-26-43(48)38-21-11-8-12-22-38/h7-30,33-36,53-56,59-62H,3-6,31-32H2,1-2H3/t53?,54?,55-,56?/m1/s1. The lowest BCUT2D eigenvalue weighted by Gasteiger charge is -2.47. The molecule has 0 aliphatic heterocycles. The number of nitrogens with zero attached hydrogens (tertiary/aromatic N) is 2. The predicted octanol–water partition coefficient (Wildman–Crippen LogP) is 13.2. The van der Waals surface area contributed by atoms with Gasteiger partial charge in [-0.1, -0.05) is 154 Å². The number of unbranched alkanes of at least 4 members (excludes halogenated alkanes) is 2. The second-order valence-corrected chi connectivity index (χ2v) is 16.6. The van der Waals surface area contributed by atoms with E-state index in [-0.39, 0.29) is 11.5 Å². The number of aromatic hydroxyl groups is 2. The normalized spacial score (nSPS) is 17.2. The molecule has 9 rings (SSSR count). The summed E-state index contributed by atoms with van der Waals surface area (Å²) in [5.41, 5.74) is 8.71. The van der Waals surface area contributed by atoms with Gasteiger partial charge in [-0.15, -0.1) is 0 Å². The van der Waals surface area contributed by atoms with Gasteiger partial charge in [0.05, 0.1) is 23.6 Å². The number of aliphatic hydroxyl groups excluding tert-OH is 2. The summed E-state index contributed by atoms with van der Waals surface area (Å²) in [6.07, 6.45) is 2.04. The molecule has 0 amide bonds. The van der Waals surface area contributed by atoms with E-state index in [2.05, 4.69) is 96.4 Å². The van der Waals surface area contributed by atoms with Gasteiger partial charge in [0.1, 0.15) is 11.5 Å². The molecule has 0 aromatic heterocycles. The van der Waals surface area contributed by atoms with Gasteiger partial charge in [-0.05, 0) is 70.5 Å². The molecular formula is C56H54N2O4. The highest BCUT2D eigenvalue weighted by Gasteiger charge is 2.52. The van der Waals surface area contributed by atoms with Crippen LogP contribution in [0, 0.1) is 0 Å². The van der Waals surface area contributed by atoms with Gasteiger partial charge in [0.15, 0.2) is 0 Å². The first kappa shape index (κ1) is 40.8. The predicted molar refractivity (Wildman–Crippen MR) is 256 cm³/mol. The lowest BCUT2D eigenvalue weighted by atomic mass is 9.62. The molecular weight excluding hydrogens is 765 g/mol. The Hall–Kier alpha value is -6.60. The van der Waals surface area contributed by atoms with Gasteiger partial charge < -0.3 is 30.2 Å². The van der Waals surface area contributed by atoms with Crippen molar-refractivity contribution in [3.8, 4) is 33.8 Å². The molecule has 1 saturated carbocycles. The average Bonchev–Trinajstić information content (AvgIpc) is 3.31. The van der Waals surface area contributed by atoms with Gasteiger partial charge in [0.25, 0.3) is 0 Å². The minimum Gasteiger partial charge on any atom is -0.508 e. The molecule has 0 heterocycles. The van der Waals surface area contributed by atoms with E-state index in [1.54, 1.807) is 6.07 Å². The van der Waals surface area contributed by atoms with E-state index in [0.29, 0.717) is 11.1 Å². The average molecular weight is 819 g/mol. The minimum atomic E-state index is -1.07. The van der Waals surface area contributed by atoms with Crippen LogP contribution in [-0.2, 0) is 0 Å². The third-order valence-corrected chi connectivity index (χ3v) is 12.8. The molecule has 1 fully saturated rings. The van der Waals surface area contributed by atoms with Crippen molar-refractivity contribution < 1.29 is 20.4 Å². The van der Waals surface area contributed by atoms with Crippen LogP contribution in [0.4, 0.5) is 22.7 Å². The molecule has 312 valence electrons. The molecule has 6 heteroatoms. The van der Waals surface area contributed by atoms with E-state index in [1.165, 1.54) is 0 Å². The number of hydrogen-bond donors (Lipinski definition) is 4. The topological polar surface area (TPSA) is 87.4 Å². The number of anilines is 4. The first-order valence-electron chi connectivity index (χ1n) is 22.1. The van der Waals surface area contributed by atoms with Crippen molar-refractivity contribution in [1.29, 1.82) is 0 Å². The zero-order valence-electron chi connectivity index (χ0n) is 35.4. The van der Waals surface area contributed by atoms with Crippen LogP contribution in [0.2, 0.25) is 0 Å². The Kier molecular flexibility index (Phi) is 11.7. The summed E-state index contributed by atoms with van der Waals surface area (Å²) in [6, 6.07) is 56.9. The van der Waals surface area contributed by atoms with E-state index in [9.17, 15) is 20.4 Å². The van der Waals surface area contributed by atoms with E-state index in [4.69, 9.17) is 0 Å². The van der Waals surface area contributed by atoms with Gasteiger partial charge in [-0.2, -0.15) is 0 Å². The Morgan fingerprint density at radius 2 is 0.968 bits per heavy atom. The van der Waals surface area contributed by atoms with Crippen molar-refractivity contribution in [2.45, 2.75) is 63.6 Å². The van der Waals surface area contributed by atoms with Crippen molar-refractivity contribution >= 4 is 44.3 Å². The van der Waals surface area contributed by atoms with Crippen LogP contribution in [0.15, 0.2) is 170 Å². The number of phenolic OH excluding ortho intramolecular Hbond substituents is 2. The number of fused-ring (bicyclic) bond motifs is 2. The van der Waals surface area contributed by atoms with Gasteiger partial charge in [-0.25, -0.2) is 0 Å². The zero-order valence-corrected chi connectivity index (χ0v) is 35.4. The number of rotatable bonds is 14. The summed E-state index contributed by atoms with van der Waals surface area (Å²) in [7, 11) is 0. The quantitative estimate of drug-likeness (QED) is 0.0818. The number of aliphatic hydroxyl groups is 2. The Bertz CT molecular complexity index is 2720. The summed E-state index contributed by atoms with van der Waals surface area (Å²) in [4.78, 5) is 4.55. The fourth-order valence-electron chi connectivity index (χ4n) is 9.60. The van der Waals surface area contributed by atoms with Gasteiger partial charge in [0.2, 0.25) is 0 Å². The summed E-state index contributed by atoms with van der Waals surface area (Å²) in [5, 5.41) is 52.2. The zero-order chi connectivity index (χ0) is 42.7.